The molecular weight excluding hydrogens is 327 g/mol. The largest absolute Gasteiger partial charge is 0.395 e. The van der Waals surface area contributed by atoms with E-state index in [1.807, 2.05) is 12.1 Å². The fourth-order valence-electron chi connectivity index (χ4n) is 4.65. The van der Waals surface area contributed by atoms with Crippen molar-refractivity contribution in [3.05, 3.63) is 59.9 Å². The molecule has 0 amide bonds. The van der Waals surface area contributed by atoms with Gasteiger partial charge >= 0.3 is 0 Å². The van der Waals surface area contributed by atoms with E-state index in [9.17, 15) is 9.50 Å². The molecule has 0 bridgehead atoms. The molecule has 26 heavy (non-hydrogen) atoms. The number of fused-ring (bicyclic) bond motifs is 1. The van der Waals surface area contributed by atoms with Crippen molar-refractivity contribution in [2.75, 3.05) is 33.3 Å². The maximum atomic E-state index is 13.1. The van der Waals surface area contributed by atoms with Crippen molar-refractivity contribution in [2.24, 2.45) is 0 Å². The zero-order chi connectivity index (χ0) is 18.1. The maximum absolute atomic E-state index is 13.1. The molecule has 0 saturated carbocycles. The first-order valence-corrected chi connectivity index (χ1v) is 9.58. The maximum Gasteiger partial charge on any atom is 0.123 e. The van der Waals surface area contributed by atoms with E-state index in [0.717, 1.165) is 30.8 Å². The van der Waals surface area contributed by atoms with E-state index in [1.54, 1.807) is 0 Å². The highest BCUT2D eigenvalue weighted by Gasteiger charge is 2.48. The van der Waals surface area contributed by atoms with E-state index in [2.05, 4.69) is 41.1 Å². The minimum absolute atomic E-state index is 0.209. The molecule has 0 aromatic heterocycles. The Morgan fingerprint density at radius 2 is 1.58 bits per heavy atom. The number of hydrogen-bond acceptors (Lipinski definition) is 3. The molecule has 3 nitrogen and oxygen atoms in total. The number of aliphatic hydroxyl groups excluding tert-OH is 1. The summed E-state index contributed by atoms with van der Waals surface area (Å²) < 4.78 is 13.1. The molecule has 2 fully saturated rings. The summed E-state index contributed by atoms with van der Waals surface area (Å²) in [5.41, 5.74) is 3.42. The fraction of sp³-hybridized carbons (Fsp3) is 0.455. The van der Waals surface area contributed by atoms with Gasteiger partial charge in [0.15, 0.2) is 0 Å². The summed E-state index contributed by atoms with van der Waals surface area (Å²) in [5, 5.41) is 9.95. The topological polar surface area (TPSA) is 26.7 Å². The van der Waals surface area contributed by atoms with Gasteiger partial charge in [0.2, 0.25) is 0 Å². The summed E-state index contributed by atoms with van der Waals surface area (Å²) >= 11 is 0. The van der Waals surface area contributed by atoms with Crippen molar-refractivity contribution < 1.29 is 9.50 Å². The average molecular weight is 354 g/mol. The average Bonchev–Trinajstić information content (AvgIpc) is 2.64. The second-order valence-electron chi connectivity index (χ2n) is 7.68. The van der Waals surface area contributed by atoms with E-state index >= 15 is 0 Å². The summed E-state index contributed by atoms with van der Waals surface area (Å²) in [6.07, 6.45) is 2.43. The van der Waals surface area contributed by atoms with Crippen LogP contribution in [0.25, 0.3) is 11.1 Å². The molecule has 0 aliphatic carbocycles. The van der Waals surface area contributed by atoms with Gasteiger partial charge in [-0.1, -0.05) is 36.4 Å². The van der Waals surface area contributed by atoms with Crippen LogP contribution in [-0.2, 0) is 0 Å². The first kappa shape index (κ1) is 17.7. The van der Waals surface area contributed by atoms with Gasteiger partial charge in [0.25, 0.3) is 0 Å². The van der Waals surface area contributed by atoms with Crippen molar-refractivity contribution in [3.63, 3.8) is 0 Å². The van der Waals surface area contributed by atoms with Gasteiger partial charge in [0.05, 0.1) is 6.61 Å². The molecule has 3 atom stereocenters. The van der Waals surface area contributed by atoms with Crippen molar-refractivity contribution in [3.8, 4) is 11.1 Å². The Balaban J connectivity index is 1.56. The van der Waals surface area contributed by atoms with Crippen molar-refractivity contribution in [2.45, 2.75) is 30.8 Å². The summed E-state index contributed by atoms with van der Waals surface area (Å²) in [7, 11) is 2.20. The van der Waals surface area contributed by atoms with Crippen LogP contribution in [0.3, 0.4) is 0 Å². The molecular formula is C22H27FN2O. The summed E-state index contributed by atoms with van der Waals surface area (Å²) in [4.78, 5) is 4.92. The smallest absolute Gasteiger partial charge is 0.123 e. The second-order valence-corrected chi connectivity index (χ2v) is 7.68. The Bertz CT molecular complexity index is 731. The van der Waals surface area contributed by atoms with E-state index in [-0.39, 0.29) is 18.5 Å². The van der Waals surface area contributed by atoms with E-state index in [1.165, 1.54) is 30.5 Å². The molecule has 0 radical (unpaired) electrons. The third-order valence-corrected chi connectivity index (χ3v) is 6.05. The monoisotopic (exact) mass is 354 g/mol. The number of nitrogens with zero attached hydrogens (tertiary/aromatic N) is 2. The zero-order valence-electron chi connectivity index (χ0n) is 15.3. The van der Waals surface area contributed by atoms with Crippen LogP contribution in [0.1, 0.15) is 24.3 Å². The van der Waals surface area contributed by atoms with E-state index < -0.39 is 0 Å². The molecule has 2 heterocycles. The highest BCUT2D eigenvalue weighted by molar-refractivity contribution is 5.63. The third-order valence-electron chi connectivity index (χ3n) is 6.05. The van der Waals surface area contributed by atoms with Crippen molar-refractivity contribution >= 4 is 0 Å². The standard InChI is InChI=1S/C22H27FN2O/c1-24-12-2-3-13-25-20(14-24)22(21(25)15-26)18-6-4-16(5-7-18)17-8-10-19(23)11-9-17/h4-11,20-22,26H,2-3,12-15H2,1H3/t20-,21-,22+/m0/s1. The first-order chi connectivity index (χ1) is 12.7. The second kappa shape index (κ2) is 7.47. The Hall–Kier alpha value is -1.75. The van der Waals surface area contributed by atoms with Gasteiger partial charge in [-0.3, -0.25) is 4.90 Å². The van der Waals surface area contributed by atoms with Gasteiger partial charge in [-0.2, -0.15) is 0 Å². The minimum Gasteiger partial charge on any atom is -0.395 e. The lowest BCUT2D eigenvalue weighted by Gasteiger charge is -2.57. The van der Waals surface area contributed by atoms with Gasteiger partial charge in [0.1, 0.15) is 5.82 Å². The van der Waals surface area contributed by atoms with Crippen LogP contribution in [0.2, 0.25) is 0 Å². The van der Waals surface area contributed by atoms with Gasteiger partial charge in [-0.15, -0.1) is 0 Å². The molecule has 138 valence electrons. The number of hydrogen-bond donors (Lipinski definition) is 1. The molecule has 0 spiro atoms. The van der Waals surface area contributed by atoms with Crippen molar-refractivity contribution in [1.29, 1.82) is 0 Å². The molecule has 2 saturated heterocycles. The number of aliphatic hydroxyl groups is 1. The zero-order valence-corrected chi connectivity index (χ0v) is 15.3. The predicted octanol–water partition coefficient (Wildman–Crippen LogP) is 3.35. The Morgan fingerprint density at radius 3 is 2.23 bits per heavy atom. The molecule has 2 aliphatic heterocycles. The normalized spacial score (nSPS) is 27.3. The van der Waals surface area contributed by atoms with Gasteiger partial charge in [0, 0.05) is 24.5 Å². The number of likely N-dealkylation sites (N-methyl/N-ethyl adjacent to an activating group) is 1. The minimum atomic E-state index is -0.209. The van der Waals surface area contributed by atoms with E-state index in [4.69, 9.17) is 0 Å². The Morgan fingerprint density at radius 1 is 0.962 bits per heavy atom. The quantitative estimate of drug-likeness (QED) is 0.916. The predicted molar refractivity (Wildman–Crippen MR) is 103 cm³/mol. The molecule has 0 unspecified atom stereocenters. The highest BCUT2D eigenvalue weighted by atomic mass is 19.1. The molecule has 2 aliphatic rings. The van der Waals surface area contributed by atoms with Gasteiger partial charge in [-0.25, -0.2) is 4.39 Å². The number of benzene rings is 2. The lowest BCUT2D eigenvalue weighted by atomic mass is 9.74. The van der Waals surface area contributed by atoms with Gasteiger partial charge < -0.3 is 10.0 Å². The lowest BCUT2D eigenvalue weighted by Crippen LogP contribution is -2.67. The Labute approximate surface area is 155 Å². The SMILES string of the molecule is CN1CCCCN2[C@@H](CO)[C@H](c3ccc(-c4ccc(F)cc4)cc3)[C@@H]2C1. The third kappa shape index (κ3) is 3.29. The van der Waals surface area contributed by atoms with Crippen LogP contribution < -0.4 is 0 Å². The Kier molecular flexibility index (Phi) is 5.07. The molecule has 2 aromatic rings. The van der Waals surface area contributed by atoms with Crippen LogP contribution in [0.15, 0.2) is 48.5 Å². The molecule has 4 heteroatoms. The molecule has 2 aromatic carbocycles. The highest BCUT2D eigenvalue weighted by Crippen LogP contribution is 2.42. The summed E-state index contributed by atoms with van der Waals surface area (Å²) in [6, 6.07) is 15.9. The lowest BCUT2D eigenvalue weighted by molar-refractivity contribution is -0.0614. The van der Waals surface area contributed by atoms with Crippen molar-refractivity contribution in [1.82, 2.24) is 9.80 Å². The number of rotatable bonds is 3. The summed E-state index contributed by atoms with van der Waals surface area (Å²) in [6.45, 7) is 3.52. The number of halogens is 1. The van der Waals surface area contributed by atoms with Crippen LogP contribution >= 0.6 is 0 Å². The molecule has 4 rings (SSSR count). The van der Waals surface area contributed by atoms with Crippen LogP contribution in [0.5, 0.6) is 0 Å². The summed E-state index contributed by atoms with van der Waals surface area (Å²) in [5.74, 6) is 0.168. The van der Waals surface area contributed by atoms with Crippen LogP contribution in [0, 0.1) is 5.82 Å². The van der Waals surface area contributed by atoms with E-state index in [0.29, 0.717) is 12.0 Å². The molecule has 1 N–H and O–H groups in total. The van der Waals surface area contributed by atoms with Gasteiger partial charge in [-0.05, 0) is 61.8 Å². The van der Waals surface area contributed by atoms with Crippen LogP contribution in [-0.4, -0.2) is 60.3 Å². The van der Waals surface area contributed by atoms with Crippen LogP contribution in [0.4, 0.5) is 4.39 Å². The first-order valence-electron chi connectivity index (χ1n) is 9.58. The fourth-order valence-corrected chi connectivity index (χ4v) is 4.65.